The molecule has 1 amide bonds. The lowest BCUT2D eigenvalue weighted by Gasteiger charge is -2.16. The second-order valence-electron chi connectivity index (χ2n) is 6.04. The van der Waals surface area contributed by atoms with Gasteiger partial charge in [-0.3, -0.25) is 9.59 Å². The Morgan fingerprint density at radius 1 is 1.21 bits per heavy atom. The highest BCUT2D eigenvalue weighted by molar-refractivity contribution is 5.96. The molecule has 1 aliphatic carbocycles. The van der Waals surface area contributed by atoms with Crippen LogP contribution in [0.1, 0.15) is 39.0 Å². The summed E-state index contributed by atoms with van der Waals surface area (Å²) in [7, 11) is 3.06. The van der Waals surface area contributed by atoms with Crippen molar-refractivity contribution in [3.8, 4) is 11.5 Å². The Bertz CT molecular complexity index is 581. The van der Waals surface area contributed by atoms with Gasteiger partial charge in [0.2, 0.25) is 0 Å². The Labute approximate surface area is 142 Å². The number of hydrogen-bond acceptors (Lipinski definition) is 5. The maximum Gasteiger partial charge on any atom is 0.306 e. The van der Waals surface area contributed by atoms with Crippen molar-refractivity contribution in [3.05, 3.63) is 18.2 Å². The first kappa shape index (κ1) is 18.1. The van der Waals surface area contributed by atoms with Crippen molar-refractivity contribution in [2.45, 2.75) is 45.1 Å². The van der Waals surface area contributed by atoms with E-state index in [0.717, 1.165) is 12.8 Å². The second kappa shape index (κ2) is 8.57. The lowest BCUT2D eigenvalue weighted by Crippen LogP contribution is -2.30. The van der Waals surface area contributed by atoms with Gasteiger partial charge in [-0.25, -0.2) is 0 Å². The molecule has 24 heavy (non-hydrogen) atoms. The van der Waals surface area contributed by atoms with Gasteiger partial charge in [0.15, 0.2) is 6.10 Å². The Balaban J connectivity index is 1.92. The Kier molecular flexibility index (Phi) is 6.46. The minimum absolute atomic E-state index is 0.317. The molecule has 1 fully saturated rings. The monoisotopic (exact) mass is 335 g/mol. The zero-order valence-corrected chi connectivity index (χ0v) is 14.5. The molecule has 0 aliphatic heterocycles. The number of rotatable bonds is 7. The van der Waals surface area contributed by atoms with Gasteiger partial charge in [-0.05, 0) is 37.8 Å². The number of carbonyl (C=O) groups excluding carboxylic acids is 2. The van der Waals surface area contributed by atoms with E-state index in [0.29, 0.717) is 29.5 Å². The van der Waals surface area contributed by atoms with Gasteiger partial charge in [0.25, 0.3) is 5.91 Å². The van der Waals surface area contributed by atoms with E-state index in [2.05, 4.69) is 5.32 Å². The third-order valence-electron chi connectivity index (χ3n) is 4.27. The van der Waals surface area contributed by atoms with E-state index in [4.69, 9.17) is 14.2 Å². The molecule has 1 atom stereocenters. The smallest absolute Gasteiger partial charge is 0.306 e. The topological polar surface area (TPSA) is 73.9 Å². The molecule has 1 unspecified atom stereocenters. The summed E-state index contributed by atoms with van der Waals surface area (Å²) in [6.07, 6.45) is 4.00. The van der Waals surface area contributed by atoms with Gasteiger partial charge in [-0.2, -0.15) is 0 Å². The fourth-order valence-electron chi connectivity index (χ4n) is 2.90. The van der Waals surface area contributed by atoms with Crippen molar-refractivity contribution in [2.75, 3.05) is 19.5 Å². The zero-order chi connectivity index (χ0) is 17.5. The SMILES string of the molecule is COc1ccc(OC)c(NC(=O)C(C)OC(=O)CC2CCCC2)c1. The fourth-order valence-corrected chi connectivity index (χ4v) is 2.90. The molecule has 0 radical (unpaired) electrons. The Morgan fingerprint density at radius 3 is 2.54 bits per heavy atom. The van der Waals surface area contributed by atoms with Gasteiger partial charge in [0.05, 0.1) is 19.9 Å². The number of carbonyl (C=O) groups is 2. The number of amides is 1. The van der Waals surface area contributed by atoms with E-state index in [1.165, 1.54) is 20.0 Å². The largest absolute Gasteiger partial charge is 0.497 e. The van der Waals surface area contributed by atoms with Crippen molar-refractivity contribution in [2.24, 2.45) is 5.92 Å². The highest BCUT2D eigenvalue weighted by atomic mass is 16.5. The summed E-state index contributed by atoms with van der Waals surface area (Å²) in [5, 5.41) is 2.71. The third-order valence-corrected chi connectivity index (χ3v) is 4.27. The van der Waals surface area contributed by atoms with Crippen molar-refractivity contribution in [1.82, 2.24) is 0 Å². The normalized spacial score (nSPS) is 15.6. The number of benzene rings is 1. The highest BCUT2D eigenvalue weighted by Gasteiger charge is 2.23. The summed E-state index contributed by atoms with van der Waals surface area (Å²) >= 11 is 0. The molecule has 6 heteroatoms. The Hall–Kier alpha value is -2.24. The Morgan fingerprint density at radius 2 is 1.92 bits per heavy atom. The molecule has 1 aromatic rings. The summed E-state index contributed by atoms with van der Waals surface area (Å²) < 4.78 is 15.6. The number of anilines is 1. The molecule has 0 saturated heterocycles. The molecule has 1 aliphatic rings. The van der Waals surface area contributed by atoms with Crippen LogP contribution < -0.4 is 14.8 Å². The summed E-state index contributed by atoms with van der Waals surface area (Å²) in [5.74, 6) is 0.778. The maximum absolute atomic E-state index is 12.3. The third kappa shape index (κ3) is 4.88. The van der Waals surface area contributed by atoms with Crippen LogP contribution in [0, 0.1) is 5.92 Å². The van der Waals surface area contributed by atoms with Crippen LogP contribution in [-0.4, -0.2) is 32.2 Å². The highest BCUT2D eigenvalue weighted by Crippen LogP contribution is 2.30. The van der Waals surface area contributed by atoms with Crippen LogP contribution in [0.5, 0.6) is 11.5 Å². The van der Waals surface area contributed by atoms with Gasteiger partial charge >= 0.3 is 5.97 Å². The van der Waals surface area contributed by atoms with Crippen molar-refractivity contribution in [3.63, 3.8) is 0 Å². The molecule has 1 N–H and O–H groups in total. The predicted molar refractivity (Wildman–Crippen MR) is 90.3 cm³/mol. The average molecular weight is 335 g/mol. The molecule has 6 nitrogen and oxygen atoms in total. The van der Waals surface area contributed by atoms with Gasteiger partial charge < -0.3 is 19.5 Å². The molecular formula is C18H25NO5. The number of nitrogens with one attached hydrogen (secondary N) is 1. The van der Waals surface area contributed by atoms with Gasteiger partial charge in [0, 0.05) is 12.5 Å². The van der Waals surface area contributed by atoms with Gasteiger partial charge in [-0.1, -0.05) is 12.8 Å². The maximum atomic E-state index is 12.3. The molecule has 0 spiro atoms. The van der Waals surface area contributed by atoms with Crippen LogP contribution in [0.15, 0.2) is 18.2 Å². The summed E-state index contributed by atoms with van der Waals surface area (Å²) in [6.45, 7) is 1.56. The summed E-state index contributed by atoms with van der Waals surface area (Å²) in [5.41, 5.74) is 0.473. The number of esters is 1. The van der Waals surface area contributed by atoms with E-state index in [-0.39, 0.29) is 5.97 Å². The van der Waals surface area contributed by atoms with Crippen LogP contribution in [0.2, 0.25) is 0 Å². The second-order valence-corrected chi connectivity index (χ2v) is 6.04. The van der Waals surface area contributed by atoms with E-state index in [1.807, 2.05) is 0 Å². The van der Waals surface area contributed by atoms with Crippen molar-refractivity contribution < 1.29 is 23.8 Å². The molecule has 2 rings (SSSR count). The standard InChI is InChI=1S/C18H25NO5/c1-12(24-17(20)10-13-6-4-5-7-13)18(21)19-15-11-14(22-2)8-9-16(15)23-3/h8-9,11-13H,4-7,10H2,1-3H3,(H,19,21). The van der Waals surface area contributed by atoms with Crippen LogP contribution in [0.4, 0.5) is 5.69 Å². The number of ether oxygens (including phenoxy) is 3. The number of hydrogen-bond donors (Lipinski definition) is 1. The predicted octanol–water partition coefficient (Wildman–Crippen LogP) is 3.15. The molecule has 1 aromatic carbocycles. The number of methoxy groups -OCH3 is 2. The molecule has 0 aromatic heterocycles. The van der Waals surface area contributed by atoms with Crippen LogP contribution in [0.3, 0.4) is 0 Å². The van der Waals surface area contributed by atoms with Crippen LogP contribution in [0.25, 0.3) is 0 Å². The van der Waals surface area contributed by atoms with E-state index in [1.54, 1.807) is 32.2 Å². The summed E-state index contributed by atoms with van der Waals surface area (Å²) in [4.78, 5) is 24.2. The minimum atomic E-state index is -0.866. The zero-order valence-electron chi connectivity index (χ0n) is 14.5. The van der Waals surface area contributed by atoms with E-state index < -0.39 is 12.0 Å². The molecule has 132 valence electrons. The summed E-state index contributed by atoms with van der Waals surface area (Å²) in [6, 6.07) is 5.09. The first-order valence-corrected chi connectivity index (χ1v) is 8.26. The minimum Gasteiger partial charge on any atom is -0.497 e. The first-order valence-electron chi connectivity index (χ1n) is 8.26. The fraction of sp³-hybridized carbons (Fsp3) is 0.556. The van der Waals surface area contributed by atoms with E-state index >= 15 is 0 Å². The molecular weight excluding hydrogens is 310 g/mol. The van der Waals surface area contributed by atoms with Crippen LogP contribution in [-0.2, 0) is 14.3 Å². The quantitative estimate of drug-likeness (QED) is 0.775. The van der Waals surface area contributed by atoms with Crippen LogP contribution >= 0.6 is 0 Å². The molecule has 1 saturated carbocycles. The first-order chi connectivity index (χ1) is 11.5. The lowest BCUT2D eigenvalue weighted by molar-refractivity contribution is -0.154. The van der Waals surface area contributed by atoms with Crippen molar-refractivity contribution in [1.29, 1.82) is 0 Å². The van der Waals surface area contributed by atoms with E-state index in [9.17, 15) is 9.59 Å². The van der Waals surface area contributed by atoms with Gasteiger partial charge in [-0.15, -0.1) is 0 Å². The van der Waals surface area contributed by atoms with Gasteiger partial charge in [0.1, 0.15) is 11.5 Å². The van der Waals surface area contributed by atoms with Crippen molar-refractivity contribution >= 4 is 17.6 Å². The molecule has 0 bridgehead atoms. The molecule has 0 heterocycles. The average Bonchev–Trinajstić information content (AvgIpc) is 3.07. The lowest BCUT2D eigenvalue weighted by atomic mass is 10.0.